The number of nitrogens with one attached hydrogen (secondary N) is 1. The standard InChI is InChI=1S/C10H21NO2/c1-6-7-8(2)13-9(12)10(3,4)11-5/h8,11H,6-7H2,1-5H3. The summed E-state index contributed by atoms with van der Waals surface area (Å²) >= 11 is 0. The van der Waals surface area contributed by atoms with Gasteiger partial charge in [-0.05, 0) is 34.2 Å². The molecule has 13 heavy (non-hydrogen) atoms. The molecule has 0 saturated heterocycles. The third kappa shape index (κ3) is 4.27. The highest BCUT2D eigenvalue weighted by Crippen LogP contribution is 2.08. The van der Waals surface area contributed by atoms with E-state index in [2.05, 4.69) is 12.2 Å². The molecule has 0 rings (SSSR count). The van der Waals surface area contributed by atoms with E-state index in [0.717, 1.165) is 12.8 Å². The summed E-state index contributed by atoms with van der Waals surface area (Å²) < 4.78 is 5.24. The van der Waals surface area contributed by atoms with E-state index in [1.807, 2.05) is 20.8 Å². The van der Waals surface area contributed by atoms with Crippen LogP contribution in [0.1, 0.15) is 40.5 Å². The molecule has 78 valence electrons. The van der Waals surface area contributed by atoms with Gasteiger partial charge in [0.25, 0.3) is 0 Å². The van der Waals surface area contributed by atoms with Crippen molar-refractivity contribution < 1.29 is 9.53 Å². The van der Waals surface area contributed by atoms with Crippen LogP contribution in [0, 0.1) is 0 Å². The molecule has 1 unspecified atom stereocenters. The second-order valence-corrected chi connectivity index (χ2v) is 3.88. The summed E-state index contributed by atoms with van der Waals surface area (Å²) in [5.74, 6) is -0.184. The minimum atomic E-state index is -0.581. The summed E-state index contributed by atoms with van der Waals surface area (Å²) in [7, 11) is 1.76. The smallest absolute Gasteiger partial charge is 0.326 e. The zero-order chi connectivity index (χ0) is 10.5. The Morgan fingerprint density at radius 3 is 2.46 bits per heavy atom. The first-order valence-electron chi connectivity index (χ1n) is 4.84. The van der Waals surface area contributed by atoms with Crippen LogP contribution < -0.4 is 5.32 Å². The summed E-state index contributed by atoms with van der Waals surface area (Å²) in [5, 5.41) is 2.91. The molecule has 0 aliphatic heterocycles. The average molecular weight is 187 g/mol. The normalized spacial score (nSPS) is 13.9. The number of likely N-dealkylation sites (N-methyl/N-ethyl adjacent to an activating group) is 1. The molecule has 0 aliphatic carbocycles. The van der Waals surface area contributed by atoms with Gasteiger partial charge in [-0.2, -0.15) is 0 Å². The van der Waals surface area contributed by atoms with Gasteiger partial charge < -0.3 is 10.1 Å². The molecule has 0 heterocycles. The Kier molecular flexibility index (Phi) is 4.99. The van der Waals surface area contributed by atoms with Crippen LogP contribution in [0.2, 0.25) is 0 Å². The van der Waals surface area contributed by atoms with E-state index in [9.17, 15) is 4.79 Å². The highest BCUT2D eigenvalue weighted by atomic mass is 16.5. The van der Waals surface area contributed by atoms with Gasteiger partial charge in [-0.15, -0.1) is 0 Å². The van der Waals surface area contributed by atoms with Gasteiger partial charge in [0.15, 0.2) is 0 Å². The Morgan fingerprint density at radius 2 is 2.08 bits per heavy atom. The lowest BCUT2D eigenvalue weighted by Crippen LogP contribution is -2.46. The predicted molar refractivity (Wildman–Crippen MR) is 53.6 cm³/mol. The second-order valence-electron chi connectivity index (χ2n) is 3.88. The minimum absolute atomic E-state index is 0.0186. The van der Waals surface area contributed by atoms with E-state index in [-0.39, 0.29) is 12.1 Å². The fraction of sp³-hybridized carbons (Fsp3) is 0.900. The van der Waals surface area contributed by atoms with Crippen LogP contribution in [0.15, 0.2) is 0 Å². The molecule has 0 fully saturated rings. The third-order valence-corrected chi connectivity index (χ3v) is 2.14. The van der Waals surface area contributed by atoms with Gasteiger partial charge >= 0.3 is 5.97 Å². The summed E-state index contributed by atoms with van der Waals surface area (Å²) in [6, 6.07) is 0. The maximum absolute atomic E-state index is 11.5. The van der Waals surface area contributed by atoms with Crippen LogP contribution in [0.3, 0.4) is 0 Å². The highest BCUT2D eigenvalue weighted by Gasteiger charge is 2.28. The SMILES string of the molecule is CCCC(C)OC(=O)C(C)(C)NC. The molecular formula is C10H21NO2. The Bertz CT molecular complexity index is 166. The summed E-state index contributed by atoms with van der Waals surface area (Å²) in [5.41, 5.74) is -0.581. The van der Waals surface area contributed by atoms with Crippen molar-refractivity contribution in [2.24, 2.45) is 0 Å². The van der Waals surface area contributed by atoms with Crippen molar-refractivity contribution >= 4 is 5.97 Å². The molecule has 3 nitrogen and oxygen atoms in total. The molecule has 0 radical (unpaired) electrons. The molecule has 0 aromatic heterocycles. The van der Waals surface area contributed by atoms with Crippen molar-refractivity contribution in [3.63, 3.8) is 0 Å². The molecular weight excluding hydrogens is 166 g/mol. The van der Waals surface area contributed by atoms with Gasteiger partial charge in [-0.3, -0.25) is 4.79 Å². The van der Waals surface area contributed by atoms with Crippen molar-refractivity contribution in [2.45, 2.75) is 52.2 Å². The molecule has 0 spiro atoms. The van der Waals surface area contributed by atoms with Crippen molar-refractivity contribution in [3.8, 4) is 0 Å². The maximum Gasteiger partial charge on any atom is 0.326 e. The first-order valence-corrected chi connectivity index (χ1v) is 4.84. The number of rotatable bonds is 5. The van der Waals surface area contributed by atoms with E-state index < -0.39 is 5.54 Å². The minimum Gasteiger partial charge on any atom is -0.461 e. The van der Waals surface area contributed by atoms with Gasteiger partial charge in [0.1, 0.15) is 5.54 Å². The molecule has 1 atom stereocenters. The molecule has 0 amide bonds. The topological polar surface area (TPSA) is 38.3 Å². The van der Waals surface area contributed by atoms with E-state index >= 15 is 0 Å². The zero-order valence-electron chi connectivity index (χ0n) is 9.31. The van der Waals surface area contributed by atoms with Crippen LogP contribution in [-0.2, 0) is 9.53 Å². The van der Waals surface area contributed by atoms with E-state index in [4.69, 9.17) is 4.74 Å². The molecule has 0 aromatic carbocycles. The number of hydrogen-bond acceptors (Lipinski definition) is 3. The van der Waals surface area contributed by atoms with Crippen LogP contribution in [0.25, 0.3) is 0 Å². The Morgan fingerprint density at radius 1 is 1.54 bits per heavy atom. The Balaban J connectivity index is 3.99. The third-order valence-electron chi connectivity index (χ3n) is 2.14. The Hall–Kier alpha value is -0.570. The first kappa shape index (κ1) is 12.4. The number of ether oxygens (including phenoxy) is 1. The second kappa shape index (κ2) is 5.22. The molecule has 0 bridgehead atoms. The lowest BCUT2D eigenvalue weighted by Gasteiger charge is -2.24. The molecule has 3 heteroatoms. The van der Waals surface area contributed by atoms with Crippen molar-refractivity contribution in [2.75, 3.05) is 7.05 Å². The van der Waals surface area contributed by atoms with Crippen molar-refractivity contribution in [1.29, 1.82) is 0 Å². The predicted octanol–water partition coefficient (Wildman–Crippen LogP) is 1.72. The van der Waals surface area contributed by atoms with Gasteiger partial charge in [0.05, 0.1) is 6.10 Å². The number of carbonyl (C=O) groups is 1. The van der Waals surface area contributed by atoms with Crippen LogP contribution in [0.5, 0.6) is 0 Å². The quantitative estimate of drug-likeness (QED) is 0.666. The van der Waals surface area contributed by atoms with Gasteiger partial charge in [-0.25, -0.2) is 0 Å². The van der Waals surface area contributed by atoms with Crippen molar-refractivity contribution in [3.05, 3.63) is 0 Å². The largest absolute Gasteiger partial charge is 0.461 e. The van der Waals surface area contributed by atoms with Crippen LogP contribution >= 0.6 is 0 Å². The fourth-order valence-electron chi connectivity index (χ4n) is 0.898. The lowest BCUT2D eigenvalue weighted by molar-refractivity contribution is -0.155. The number of esters is 1. The first-order chi connectivity index (χ1) is 5.94. The van der Waals surface area contributed by atoms with Crippen LogP contribution in [-0.4, -0.2) is 24.7 Å². The summed E-state index contributed by atoms with van der Waals surface area (Å²) in [6.07, 6.45) is 1.98. The van der Waals surface area contributed by atoms with Crippen LogP contribution in [0.4, 0.5) is 0 Å². The Labute approximate surface area is 80.8 Å². The van der Waals surface area contributed by atoms with E-state index in [1.54, 1.807) is 7.05 Å². The maximum atomic E-state index is 11.5. The molecule has 0 saturated carbocycles. The van der Waals surface area contributed by atoms with Gasteiger partial charge in [0, 0.05) is 0 Å². The van der Waals surface area contributed by atoms with E-state index in [0.29, 0.717) is 0 Å². The zero-order valence-corrected chi connectivity index (χ0v) is 9.31. The average Bonchev–Trinajstić information content (AvgIpc) is 2.04. The summed E-state index contributed by atoms with van der Waals surface area (Å²) in [6.45, 7) is 7.63. The van der Waals surface area contributed by atoms with Gasteiger partial charge in [0.2, 0.25) is 0 Å². The monoisotopic (exact) mass is 187 g/mol. The lowest BCUT2D eigenvalue weighted by atomic mass is 10.1. The highest BCUT2D eigenvalue weighted by molar-refractivity contribution is 5.79. The van der Waals surface area contributed by atoms with Crippen molar-refractivity contribution in [1.82, 2.24) is 5.32 Å². The molecule has 0 aliphatic rings. The van der Waals surface area contributed by atoms with E-state index in [1.165, 1.54) is 0 Å². The number of carbonyl (C=O) groups excluding carboxylic acids is 1. The van der Waals surface area contributed by atoms with Gasteiger partial charge in [-0.1, -0.05) is 13.3 Å². The number of hydrogen-bond donors (Lipinski definition) is 1. The summed E-state index contributed by atoms with van der Waals surface area (Å²) in [4.78, 5) is 11.5. The molecule has 0 aromatic rings. The fourth-order valence-corrected chi connectivity index (χ4v) is 0.898. The molecule has 1 N–H and O–H groups in total.